The summed E-state index contributed by atoms with van der Waals surface area (Å²) in [5.41, 5.74) is 9.21. The van der Waals surface area contributed by atoms with Gasteiger partial charge in [-0.2, -0.15) is 0 Å². The maximum Gasteiger partial charge on any atom is 0.231 e. The molecule has 0 aliphatic carbocycles. The number of carbonyl (C=O) groups is 1. The van der Waals surface area contributed by atoms with Crippen LogP contribution in [-0.4, -0.2) is 36.5 Å². The van der Waals surface area contributed by atoms with Crippen LogP contribution in [-0.2, 0) is 11.3 Å². The van der Waals surface area contributed by atoms with Crippen molar-refractivity contribution in [2.75, 3.05) is 19.6 Å². The quantitative estimate of drug-likeness (QED) is 0.852. The van der Waals surface area contributed by atoms with Crippen molar-refractivity contribution in [2.45, 2.75) is 39.3 Å². The largest absolute Gasteiger partial charge is 0.369 e. The monoisotopic (exact) mass is 275 g/mol. The molecule has 0 spiro atoms. The van der Waals surface area contributed by atoms with Gasteiger partial charge in [0.25, 0.3) is 0 Å². The average molecular weight is 275 g/mol. The number of piperidine rings is 1. The lowest BCUT2D eigenvalue weighted by molar-refractivity contribution is -0.119. The summed E-state index contributed by atoms with van der Waals surface area (Å²) >= 11 is 0. The molecule has 0 atom stereocenters. The molecule has 1 saturated heterocycles. The number of amides is 1. The Morgan fingerprint density at radius 3 is 2.40 bits per heavy atom. The molecule has 0 saturated carbocycles. The number of carbonyl (C=O) groups excluding carboxylic acids is 1. The molecule has 1 fully saturated rings. The average Bonchev–Trinajstić information content (AvgIpc) is 2.36. The third-order valence-corrected chi connectivity index (χ3v) is 3.84. The summed E-state index contributed by atoms with van der Waals surface area (Å²) in [6.07, 6.45) is 2.16. The molecule has 1 amide bonds. The highest BCUT2D eigenvalue weighted by Crippen LogP contribution is 2.12. The zero-order valence-electron chi connectivity index (χ0n) is 12.5. The van der Waals surface area contributed by atoms with E-state index in [1.54, 1.807) is 0 Å². The maximum absolute atomic E-state index is 10.9. The van der Waals surface area contributed by atoms with Crippen LogP contribution in [0.25, 0.3) is 0 Å². The second-order valence-electron chi connectivity index (χ2n) is 5.89. The van der Waals surface area contributed by atoms with Crippen LogP contribution in [0.15, 0.2) is 18.2 Å². The molecule has 3 N–H and O–H groups in total. The lowest BCUT2D eigenvalue weighted by atomic mass is 10.0. The summed E-state index contributed by atoms with van der Waals surface area (Å²) < 4.78 is 0. The SMILES string of the molecule is Cc1cc(C)cc(CNC2CCN(CC(N)=O)CC2)c1. The molecule has 110 valence electrons. The van der Waals surface area contributed by atoms with E-state index in [0.29, 0.717) is 12.6 Å². The van der Waals surface area contributed by atoms with Gasteiger partial charge in [-0.3, -0.25) is 9.69 Å². The Balaban J connectivity index is 1.77. The van der Waals surface area contributed by atoms with Gasteiger partial charge < -0.3 is 11.1 Å². The van der Waals surface area contributed by atoms with E-state index in [1.807, 2.05) is 0 Å². The predicted molar refractivity (Wildman–Crippen MR) is 81.4 cm³/mol. The highest BCUT2D eigenvalue weighted by molar-refractivity contribution is 5.75. The van der Waals surface area contributed by atoms with Crippen LogP contribution >= 0.6 is 0 Å². The van der Waals surface area contributed by atoms with Gasteiger partial charge in [-0.25, -0.2) is 0 Å². The van der Waals surface area contributed by atoms with Crippen molar-refractivity contribution >= 4 is 5.91 Å². The first kappa shape index (κ1) is 15.0. The Labute approximate surface area is 121 Å². The lowest BCUT2D eigenvalue weighted by Gasteiger charge is -2.31. The highest BCUT2D eigenvalue weighted by Gasteiger charge is 2.19. The van der Waals surface area contributed by atoms with Crippen molar-refractivity contribution in [1.82, 2.24) is 10.2 Å². The van der Waals surface area contributed by atoms with Gasteiger partial charge in [0.15, 0.2) is 0 Å². The molecule has 0 radical (unpaired) electrons. The maximum atomic E-state index is 10.9. The summed E-state index contributed by atoms with van der Waals surface area (Å²) in [6, 6.07) is 7.22. The second-order valence-corrected chi connectivity index (χ2v) is 5.89. The molecule has 1 aliphatic rings. The number of hydrogen-bond donors (Lipinski definition) is 2. The fraction of sp³-hybridized carbons (Fsp3) is 0.562. The van der Waals surface area contributed by atoms with Gasteiger partial charge in [0.1, 0.15) is 0 Å². The second kappa shape index (κ2) is 6.86. The number of likely N-dealkylation sites (tertiary alicyclic amines) is 1. The van der Waals surface area contributed by atoms with Crippen LogP contribution in [0.4, 0.5) is 0 Å². The minimum Gasteiger partial charge on any atom is -0.369 e. The number of aryl methyl sites for hydroxylation is 2. The number of primary amides is 1. The first-order chi connectivity index (χ1) is 9.52. The molecule has 20 heavy (non-hydrogen) atoms. The summed E-state index contributed by atoms with van der Waals surface area (Å²) in [5.74, 6) is -0.230. The summed E-state index contributed by atoms with van der Waals surface area (Å²) in [4.78, 5) is 13.0. The van der Waals surface area contributed by atoms with Crippen LogP contribution in [0.3, 0.4) is 0 Å². The van der Waals surface area contributed by atoms with Gasteiger partial charge in [-0.1, -0.05) is 29.3 Å². The van der Waals surface area contributed by atoms with E-state index in [9.17, 15) is 4.79 Å². The van der Waals surface area contributed by atoms with Crippen molar-refractivity contribution in [1.29, 1.82) is 0 Å². The number of benzene rings is 1. The van der Waals surface area contributed by atoms with Crippen molar-refractivity contribution in [3.8, 4) is 0 Å². The minimum absolute atomic E-state index is 0.230. The molecule has 4 nitrogen and oxygen atoms in total. The highest BCUT2D eigenvalue weighted by atomic mass is 16.1. The van der Waals surface area contributed by atoms with E-state index < -0.39 is 0 Å². The van der Waals surface area contributed by atoms with Gasteiger partial charge in [-0.05, 0) is 32.3 Å². The fourth-order valence-corrected chi connectivity index (χ4v) is 2.95. The van der Waals surface area contributed by atoms with Gasteiger partial charge in [-0.15, -0.1) is 0 Å². The molecule has 1 heterocycles. The number of nitrogens with zero attached hydrogens (tertiary/aromatic N) is 1. The number of hydrogen-bond acceptors (Lipinski definition) is 3. The van der Waals surface area contributed by atoms with E-state index in [2.05, 4.69) is 42.3 Å². The van der Waals surface area contributed by atoms with Gasteiger partial charge >= 0.3 is 0 Å². The molecule has 1 aromatic rings. The van der Waals surface area contributed by atoms with E-state index in [-0.39, 0.29) is 5.91 Å². The Morgan fingerprint density at radius 1 is 1.25 bits per heavy atom. The summed E-state index contributed by atoms with van der Waals surface area (Å²) in [6.45, 7) is 7.49. The Hall–Kier alpha value is -1.39. The van der Waals surface area contributed by atoms with Crippen molar-refractivity contribution in [3.05, 3.63) is 34.9 Å². The van der Waals surface area contributed by atoms with Crippen LogP contribution in [0.2, 0.25) is 0 Å². The molecule has 0 unspecified atom stereocenters. The molecular weight excluding hydrogens is 250 g/mol. The molecule has 2 rings (SSSR count). The van der Waals surface area contributed by atoms with Crippen molar-refractivity contribution < 1.29 is 4.79 Å². The first-order valence-corrected chi connectivity index (χ1v) is 7.34. The van der Waals surface area contributed by atoms with Crippen molar-refractivity contribution in [2.24, 2.45) is 5.73 Å². The normalized spacial score (nSPS) is 17.3. The smallest absolute Gasteiger partial charge is 0.231 e. The summed E-state index contributed by atoms with van der Waals surface area (Å²) in [5, 5.41) is 3.62. The predicted octanol–water partition coefficient (Wildman–Crippen LogP) is 1.34. The van der Waals surface area contributed by atoms with Crippen LogP contribution in [0.5, 0.6) is 0 Å². The molecule has 1 aromatic carbocycles. The minimum atomic E-state index is -0.230. The van der Waals surface area contributed by atoms with Crippen LogP contribution in [0, 0.1) is 13.8 Å². The standard InChI is InChI=1S/C16H25N3O/c1-12-7-13(2)9-14(8-12)10-18-15-3-5-19(6-4-15)11-16(17)20/h7-9,15,18H,3-6,10-11H2,1-2H3,(H2,17,20). The lowest BCUT2D eigenvalue weighted by Crippen LogP contribution is -2.45. The molecule has 1 aliphatic heterocycles. The van der Waals surface area contributed by atoms with E-state index in [1.165, 1.54) is 16.7 Å². The van der Waals surface area contributed by atoms with E-state index in [0.717, 1.165) is 32.5 Å². The summed E-state index contributed by atoms with van der Waals surface area (Å²) in [7, 11) is 0. The van der Waals surface area contributed by atoms with Crippen molar-refractivity contribution in [3.63, 3.8) is 0 Å². The Kier molecular flexibility index (Phi) is 5.15. The van der Waals surface area contributed by atoms with Crippen LogP contribution < -0.4 is 11.1 Å². The third kappa shape index (κ3) is 4.62. The molecule has 4 heteroatoms. The van der Waals surface area contributed by atoms with E-state index in [4.69, 9.17) is 5.73 Å². The zero-order valence-corrected chi connectivity index (χ0v) is 12.5. The number of nitrogens with two attached hydrogens (primary N) is 1. The van der Waals surface area contributed by atoms with E-state index >= 15 is 0 Å². The molecule has 0 aromatic heterocycles. The van der Waals surface area contributed by atoms with Gasteiger partial charge in [0, 0.05) is 25.7 Å². The zero-order chi connectivity index (χ0) is 14.5. The number of nitrogens with one attached hydrogen (secondary N) is 1. The van der Waals surface area contributed by atoms with Crippen LogP contribution in [0.1, 0.15) is 29.5 Å². The third-order valence-electron chi connectivity index (χ3n) is 3.84. The number of rotatable bonds is 5. The first-order valence-electron chi connectivity index (χ1n) is 7.34. The Bertz CT molecular complexity index is 445. The topological polar surface area (TPSA) is 58.4 Å². The van der Waals surface area contributed by atoms with Gasteiger partial charge in [0.05, 0.1) is 6.54 Å². The van der Waals surface area contributed by atoms with Gasteiger partial charge in [0.2, 0.25) is 5.91 Å². The molecular formula is C16H25N3O. The Morgan fingerprint density at radius 2 is 1.85 bits per heavy atom. The fourth-order valence-electron chi connectivity index (χ4n) is 2.95. The molecule has 0 bridgehead atoms.